The van der Waals surface area contributed by atoms with Gasteiger partial charge in [0.25, 0.3) is 5.91 Å². The van der Waals surface area contributed by atoms with Gasteiger partial charge in [0.05, 0.1) is 11.9 Å². The van der Waals surface area contributed by atoms with Crippen molar-refractivity contribution in [2.24, 2.45) is 0 Å². The van der Waals surface area contributed by atoms with Crippen LogP contribution >= 0.6 is 0 Å². The summed E-state index contributed by atoms with van der Waals surface area (Å²) in [5, 5.41) is 11.9. The van der Waals surface area contributed by atoms with Crippen molar-refractivity contribution in [2.75, 3.05) is 7.05 Å². The third-order valence-electron chi connectivity index (χ3n) is 4.16. The minimum Gasteiger partial charge on any atom is -0.423 e. The molecular weight excluding hydrogens is 342 g/mol. The molecule has 4 aromatic rings. The van der Waals surface area contributed by atoms with Gasteiger partial charge >= 0.3 is 0 Å². The highest BCUT2D eigenvalue weighted by molar-refractivity contribution is 5.94. The van der Waals surface area contributed by atoms with Crippen molar-refractivity contribution < 1.29 is 9.21 Å². The second-order valence-corrected chi connectivity index (χ2v) is 6.11. The van der Waals surface area contributed by atoms with Crippen LogP contribution < -0.4 is 0 Å². The van der Waals surface area contributed by atoms with Crippen molar-refractivity contribution in [3.05, 3.63) is 84.5 Å². The summed E-state index contributed by atoms with van der Waals surface area (Å²) in [7, 11) is 1.77. The van der Waals surface area contributed by atoms with E-state index in [0.29, 0.717) is 18.0 Å². The van der Waals surface area contributed by atoms with Gasteiger partial charge in [-0.3, -0.25) is 4.79 Å². The molecule has 0 saturated heterocycles. The highest BCUT2D eigenvalue weighted by Gasteiger charge is 2.14. The van der Waals surface area contributed by atoms with Crippen LogP contribution in [0.5, 0.6) is 0 Å². The molecule has 1 amide bonds. The van der Waals surface area contributed by atoms with E-state index in [-0.39, 0.29) is 5.91 Å². The molecule has 134 valence electrons. The molecule has 0 aliphatic heterocycles. The fourth-order valence-electron chi connectivity index (χ4n) is 2.78. The minimum atomic E-state index is -0.0699. The number of hydrogen-bond acceptors (Lipinski definition) is 5. The number of carbonyl (C=O) groups is 1. The molecule has 2 aromatic heterocycles. The zero-order valence-corrected chi connectivity index (χ0v) is 14.7. The molecule has 0 saturated carbocycles. The molecule has 4 rings (SSSR count). The molecule has 7 nitrogen and oxygen atoms in total. The van der Waals surface area contributed by atoms with E-state index >= 15 is 0 Å². The van der Waals surface area contributed by atoms with Gasteiger partial charge in [0.15, 0.2) is 0 Å². The lowest BCUT2D eigenvalue weighted by atomic mass is 10.1. The maximum absolute atomic E-state index is 12.7. The maximum Gasteiger partial charge on any atom is 0.253 e. The molecule has 0 N–H and O–H groups in total. The molecular formula is C20H17N5O2. The first-order valence-corrected chi connectivity index (χ1v) is 8.42. The fourth-order valence-corrected chi connectivity index (χ4v) is 2.78. The van der Waals surface area contributed by atoms with Gasteiger partial charge in [0.1, 0.15) is 0 Å². The van der Waals surface area contributed by atoms with Crippen LogP contribution in [0.25, 0.3) is 17.1 Å². The van der Waals surface area contributed by atoms with E-state index in [1.807, 2.05) is 36.5 Å². The smallest absolute Gasteiger partial charge is 0.253 e. The van der Waals surface area contributed by atoms with Crippen LogP contribution in [0.2, 0.25) is 0 Å². The highest BCUT2D eigenvalue weighted by Crippen LogP contribution is 2.18. The Hall–Kier alpha value is -3.74. The van der Waals surface area contributed by atoms with Gasteiger partial charge < -0.3 is 9.32 Å². The van der Waals surface area contributed by atoms with Gasteiger partial charge in [-0.1, -0.05) is 18.2 Å². The SMILES string of the molecule is CN(Cc1cnn(-c2ccccc2)c1)C(=O)c1ccc(-c2nnco2)cc1. The second kappa shape index (κ2) is 7.25. The van der Waals surface area contributed by atoms with E-state index in [4.69, 9.17) is 4.42 Å². The largest absolute Gasteiger partial charge is 0.423 e. The van der Waals surface area contributed by atoms with Crippen LogP contribution in [0.4, 0.5) is 0 Å². The Morgan fingerprint density at radius 2 is 1.89 bits per heavy atom. The van der Waals surface area contributed by atoms with E-state index in [9.17, 15) is 4.79 Å². The number of hydrogen-bond donors (Lipinski definition) is 0. The molecule has 0 aliphatic carbocycles. The Morgan fingerprint density at radius 1 is 1.11 bits per heavy atom. The van der Waals surface area contributed by atoms with Gasteiger partial charge in [0.2, 0.25) is 12.3 Å². The van der Waals surface area contributed by atoms with Crippen molar-refractivity contribution >= 4 is 5.91 Å². The number of nitrogens with zero attached hydrogens (tertiary/aromatic N) is 5. The lowest BCUT2D eigenvalue weighted by Crippen LogP contribution is -2.25. The number of benzene rings is 2. The summed E-state index contributed by atoms with van der Waals surface area (Å²) in [6.45, 7) is 0.469. The Bertz CT molecular complexity index is 1020. The molecule has 0 bridgehead atoms. The Balaban J connectivity index is 1.44. The van der Waals surface area contributed by atoms with Gasteiger partial charge in [-0.25, -0.2) is 4.68 Å². The maximum atomic E-state index is 12.7. The molecule has 0 radical (unpaired) electrons. The van der Waals surface area contributed by atoms with Crippen LogP contribution in [0.15, 0.2) is 77.8 Å². The van der Waals surface area contributed by atoms with Crippen LogP contribution in [-0.2, 0) is 6.54 Å². The zero-order chi connectivity index (χ0) is 18.6. The normalized spacial score (nSPS) is 10.7. The van der Waals surface area contributed by atoms with Gasteiger partial charge in [0, 0.05) is 36.5 Å². The summed E-state index contributed by atoms with van der Waals surface area (Å²) in [6, 6.07) is 17.0. The summed E-state index contributed by atoms with van der Waals surface area (Å²) < 4.78 is 6.96. The van der Waals surface area contributed by atoms with E-state index in [2.05, 4.69) is 15.3 Å². The number of aromatic nitrogens is 4. The molecule has 0 fully saturated rings. The summed E-state index contributed by atoms with van der Waals surface area (Å²) in [5.74, 6) is 0.357. The number of rotatable bonds is 5. The molecule has 0 unspecified atom stereocenters. The van der Waals surface area contributed by atoms with Crippen molar-refractivity contribution in [1.29, 1.82) is 0 Å². The Labute approximate surface area is 155 Å². The summed E-state index contributed by atoms with van der Waals surface area (Å²) in [6.07, 6.45) is 4.98. The third kappa shape index (κ3) is 3.62. The van der Waals surface area contributed by atoms with Crippen molar-refractivity contribution in [3.63, 3.8) is 0 Å². The van der Waals surface area contributed by atoms with Crippen molar-refractivity contribution in [3.8, 4) is 17.1 Å². The van der Waals surface area contributed by atoms with Crippen LogP contribution in [0.1, 0.15) is 15.9 Å². The lowest BCUT2D eigenvalue weighted by Gasteiger charge is -2.16. The minimum absolute atomic E-state index is 0.0699. The lowest BCUT2D eigenvalue weighted by molar-refractivity contribution is 0.0785. The quantitative estimate of drug-likeness (QED) is 0.547. The van der Waals surface area contributed by atoms with Crippen LogP contribution in [-0.4, -0.2) is 37.8 Å². The molecule has 27 heavy (non-hydrogen) atoms. The Kier molecular flexibility index (Phi) is 4.49. The topological polar surface area (TPSA) is 77.1 Å². The molecule has 7 heteroatoms. The van der Waals surface area contributed by atoms with E-state index in [0.717, 1.165) is 16.8 Å². The molecule has 0 atom stereocenters. The average molecular weight is 359 g/mol. The van der Waals surface area contributed by atoms with Gasteiger partial charge in [-0.05, 0) is 36.4 Å². The van der Waals surface area contributed by atoms with E-state index < -0.39 is 0 Å². The Morgan fingerprint density at radius 3 is 2.59 bits per heavy atom. The predicted octanol–water partition coefficient (Wildman–Crippen LogP) is 3.19. The van der Waals surface area contributed by atoms with E-state index in [1.165, 1.54) is 6.39 Å². The standard InChI is InChI=1S/C20H17N5O2/c1-24(12-15-11-22-25(13-15)18-5-3-2-4-6-18)20(26)17-9-7-16(8-10-17)19-23-21-14-27-19/h2-11,13-14H,12H2,1H3. The average Bonchev–Trinajstić information content (AvgIpc) is 3.40. The summed E-state index contributed by atoms with van der Waals surface area (Å²) in [5.41, 5.74) is 3.30. The zero-order valence-electron chi connectivity index (χ0n) is 14.7. The number of para-hydroxylation sites is 1. The number of amides is 1. The molecule has 2 aromatic carbocycles. The fraction of sp³-hybridized carbons (Fsp3) is 0.100. The monoisotopic (exact) mass is 359 g/mol. The van der Waals surface area contributed by atoms with Crippen LogP contribution in [0, 0.1) is 0 Å². The van der Waals surface area contributed by atoms with Gasteiger partial charge in [-0.2, -0.15) is 5.10 Å². The first-order chi connectivity index (χ1) is 13.2. The summed E-state index contributed by atoms with van der Waals surface area (Å²) in [4.78, 5) is 14.3. The number of carbonyl (C=O) groups excluding carboxylic acids is 1. The molecule has 2 heterocycles. The van der Waals surface area contributed by atoms with E-state index in [1.54, 1.807) is 47.1 Å². The summed E-state index contributed by atoms with van der Waals surface area (Å²) >= 11 is 0. The highest BCUT2D eigenvalue weighted by atomic mass is 16.4. The molecule has 0 spiro atoms. The van der Waals surface area contributed by atoms with Gasteiger partial charge in [-0.15, -0.1) is 10.2 Å². The predicted molar refractivity (Wildman–Crippen MR) is 99.1 cm³/mol. The third-order valence-corrected chi connectivity index (χ3v) is 4.16. The first-order valence-electron chi connectivity index (χ1n) is 8.42. The first kappa shape index (κ1) is 16.7. The van der Waals surface area contributed by atoms with Crippen molar-refractivity contribution in [2.45, 2.75) is 6.54 Å². The molecule has 0 aliphatic rings. The van der Waals surface area contributed by atoms with Crippen LogP contribution in [0.3, 0.4) is 0 Å². The van der Waals surface area contributed by atoms with Crippen molar-refractivity contribution in [1.82, 2.24) is 24.9 Å². The second-order valence-electron chi connectivity index (χ2n) is 6.11.